The van der Waals surface area contributed by atoms with Crippen molar-refractivity contribution in [2.75, 3.05) is 11.1 Å². The Kier molecular flexibility index (Phi) is 2.82. The van der Waals surface area contributed by atoms with E-state index >= 15 is 0 Å². The second-order valence-electron chi connectivity index (χ2n) is 3.60. The maximum atomic E-state index is 13.1. The smallest absolute Gasteiger partial charge is 0.291 e. The Morgan fingerprint density at radius 3 is 2.71 bits per heavy atom. The molecule has 2 rings (SSSR count). The Hall–Kier alpha value is -2.30. The molecule has 2 aromatic rings. The van der Waals surface area contributed by atoms with Gasteiger partial charge in [0.25, 0.3) is 5.91 Å². The first-order chi connectivity index (χ1) is 8.06. The highest BCUT2D eigenvalue weighted by atomic mass is 19.1. The topological polar surface area (TPSA) is 68.3 Å². The van der Waals surface area contributed by atoms with Crippen molar-refractivity contribution < 1.29 is 13.6 Å². The molecule has 0 saturated heterocycles. The molecule has 17 heavy (non-hydrogen) atoms. The molecule has 1 heterocycles. The van der Waals surface area contributed by atoms with Gasteiger partial charge in [0.1, 0.15) is 11.6 Å². The van der Waals surface area contributed by atoms with E-state index < -0.39 is 11.7 Å². The summed E-state index contributed by atoms with van der Waals surface area (Å²) in [6, 6.07) is 7.30. The molecule has 0 unspecified atom stereocenters. The largest absolute Gasteiger partial charge is 0.456 e. The van der Waals surface area contributed by atoms with Gasteiger partial charge >= 0.3 is 0 Å². The summed E-state index contributed by atoms with van der Waals surface area (Å²) in [5, 5.41) is 2.51. The van der Waals surface area contributed by atoms with E-state index in [4.69, 9.17) is 10.2 Å². The van der Waals surface area contributed by atoms with Crippen LogP contribution in [0.3, 0.4) is 0 Å². The minimum absolute atomic E-state index is 0.0387. The van der Waals surface area contributed by atoms with Crippen molar-refractivity contribution in [3.8, 4) is 0 Å². The number of hydrogen-bond donors (Lipinski definition) is 2. The minimum Gasteiger partial charge on any atom is -0.456 e. The van der Waals surface area contributed by atoms with E-state index in [1.165, 1.54) is 12.1 Å². The molecule has 0 aliphatic carbocycles. The summed E-state index contributed by atoms with van der Waals surface area (Å²) in [6.45, 7) is 1.74. The molecule has 1 aromatic heterocycles. The second kappa shape index (κ2) is 4.29. The Morgan fingerprint density at radius 2 is 2.12 bits per heavy atom. The fourth-order valence-electron chi connectivity index (χ4n) is 1.35. The number of nitrogens with two attached hydrogens (primary N) is 1. The van der Waals surface area contributed by atoms with Gasteiger partial charge in [-0.25, -0.2) is 4.39 Å². The van der Waals surface area contributed by atoms with E-state index in [0.717, 1.165) is 6.07 Å². The van der Waals surface area contributed by atoms with Crippen molar-refractivity contribution >= 4 is 17.3 Å². The highest BCUT2D eigenvalue weighted by Gasteiger charge is 2.10. The molecule has 0 fully saturated rings. The van der Waals surface area contributed by atoms with E-state index in [-0.39, 0.29) is 11.4 Å². The van der Waals surface area contributed by atoms with Crippen LogP contribution in [0.5, 0.6) is 0 Å². The number of amides is 1. The SMILES string of the molecule is Cc1ccc(C(=O)Nc2ccc(N)c(F)c2)o1. The third kappa shape index (κ3) is 2.44. The van der Waals surface area contributed by atoms with Crippen LogP contribution in [-0.4, -0.2) is 5.91 Å². The molecule has 0 atom stereocenters. The van der Waals surface area contributed by atoms with Crippen molar-refractivity contribution in [2.24, 2.45) is 0 Å². The van der Waals surface area contributed by atoms with Gasteiger partial charge in [-0.3, -0.25) is 4.79 Å². The van der Waals surface area contributed by atoms with Gasteiger partial charge in [0.15, 0.2) is 5.76 Å². The summed E-state index contributed by atoms with van der Waals surface area (Å²) < 4.78 is 18.3. The zero-order valence-electron chi connectivity index (χ0n) is 9.16. The molecule has 0 aliphatic rings. The number of nitrogen functional groups attached to an aromatic ring is 1. The molecular weight excluding hydrogens is 223 g/mol. The molecule has 0 saturated carbocycles. The Bertz CT molecular complexity index is 563. The molecule has 3 N–H and O–H groups in total. The van der Waals surface area contributed by atoms with Crippen molar-refractivity contribution in [1.29, 1.82) is 0 Å². The van der Waals surface area contributed by atoms with Gasteiger partial charge in [0, 0.05) is 5.69 Å². The van der Waals surface area contributed by atoms with Crippen LogP contribution in [0.25, 0.3) is 0 Å². The number of carbonyl (C=O) groups is 1. The van der Waals surface area contributed by atoms with E-state index in [1.807, 2.05) is 0 Å². The Labute approximate surface area is 97.2 Å². The average molecular weight is 234 g/mol. The third-order valence-corrected chi connectivity index (χ3v) is 2.22. The van der Waals surface area contributed by atoms with Gasteiger partial charge in [-0.2, -0.15) is 0 Å². The maximum Gasteiger partial charge on any atom is 0.291 e. The van der Waals surface area contributed by atoms with Crippen LogP contribution in [0.4, 0.5) is 15.8 Å². The van der Waals surface area contributed by atoms with Gasteiger partial charge in [-0.15, -0.1) is 0 Å². The zero-order valence-corrected chi connectivity index (χ0v) is 9.16. The fourth-order valence-corrected chi connectivity index (χ4v) is 1.35. The summed E-state index contributed by atoms with van der Waals surface area (Å²) in [6.07, 6.45) is 0. The van der Waals surface area contributed by atoms with Crippen LogP contribution in [0.15, 0.2) is 34.7 Å². The van der Waals surface area contributed by atoms with Crippen molar-refractivity contribution in [3.63, 3.8) is 0 Å². The van der Waals surface area contributed by atoms with E-state index in [0.29, 0.717) is 11.4 Å². The first-order valence-electron chi connectivity index (χ1n) is 4.99. The minimum atomic E-state index is -0.571. The number of benzene rings is 1. The monoisotopic (exact) mass is 234 g/mol. The molecular formula is C12H11FN2O2. The summed E-state index contributed by atoms with van der Waals surface area (Å²) in [5.74, 6) is -0.181. The number of hydrogen-bond acceptors (Lipinski definition) is 3. The van der Waals surface area contributed by atoms with Gasteiger partial charge in [0.05, 0.1) is 5.69 Å². The molecule has 0 radical (unpaired) electrons. The van der Waals surface area contributed by atoms with Gasteiger partial charge in [0.2, 0.25) is 0 Å². The number of halogens is 1. The first kappa shape index (κ1) is 11.2. The van der Waals surface area contributed by atoms with Crippen LogP contribution in [0.1, 0.15) is 16.3 Å². The number of carbonyl (C=O) groups excluding carboxylic acids is 1. The maximum absolute atomic E-state index is 13.1. The predicted octanol–water partition coefficient (Wildman–Crippen LogP) is 2.56. The summed E-state index contributed by atoms with van der Waals surface area (Å²) in [4.78, 5) is 11.7. The normalized spacial score (nSPS) is 10.2. The summed E-state index contributed by atoms with van der Waals surface area (Å²) >= 11 is 0. The summed E-state index contributed by atoms with van der Waals surface area (Å²) in [5.41, 5.74) is 5.70. The Balaban J connectivity index is 2.15. The predicted molar refractivity (Wildman–Crippen MR) is 62.2 cm³/mol. The molecule has 0 aliphatic heterocycles. The lowest BCUT2D eigenvalue weighted by Gasteiger charge is -2.04. The van der Waals surface area contributed by atoms with Crippen molar-refractivity contribution in [1.82, 2.24) is 0 Å². The van der Waals surface area contributed by atoms with Crippen LogP contribution in [0, 0.1) is 12.7 Å². The number of aryl methyl sites for hydroxylation is 1. The first-order valence-corrected chi connectivity index (χ1v) is 4.99. The number of furan rings is 1. The molecule has 1 amide bonds. The molecule has 88 valence electrons. The van der Waals surface area contributed by atoms with E-state index in [2.05, 4.69) is 5.32 Å². The van der Waals surface area contributed by atoms with Crippen LogP contribution >= 0.6 is 0 Å². The Morgan fingerprint density at radius 1 is 1.35 bits per heavy atom. The van der Waals surface area contributed by atoms with Crippen molar-refractivity contribution in [2.45, 2.75) is 6.92 Å². The number of nitrogens with one attached hydrogen (secondary N) is 1. The van der Waals surface area contributed by atoms with Crippen LogP contribution < -0.4 is 11.1 Å². The van der Waals surface area contributed by atoms with Gasteiger partial charge in [-0.05, 0) is 37.3 Å². The van der Waals surface area contributed by atoms with Gasteiger partial charge in [-0.1, -0.05) is 0 Å². The molecule has 1 aromatic carbocycles. The zero-order chi connectivity index (χ0) is 12.4. The number of rotatable bonds is 2. The average Bonchev–Trinajstić information content (AvgIpc) is 2.70. The molecule has 5 heteroatoms. The highest BCUT2D eigenvalue weighted by Crippen LogP contribution is 2.17. The highest BCUT2D eigenvalue weighted by molar-refractivity contribution is 6.02. The summed E-state index contributed by atoms with van der Waals surface area (Å²) in [7, 11) is 0. The quantitative estimate of drug-likeness (QED) is 0.784. The third-order valence-electron chi connectivity index (χ3n) is 2.22. The molecule has 0 spiro atoms. The van der Waals surface area contributed by atoms with Crippen molar-refractivity contribution in [3.05, 3.63) is 47.7 Å². The molecule has 4 nitrogen and oxygen atoms in total. The second-order valence-corrected chi connectivity index (χ2v) is 3.60. The van der Waals surface area contributed by atoms with Gasteiger partial charge < -0.3 is 15.5 Å². The van der Waals surface area contributed by atoms with Crippen LogP contribution in [0.2, 0.25) is 0 Å². The number of anilines is 2. The van der Waals surface area contributed by atoms with Crippen LogP contribution in [-0.2, 0) is 0 Å². The lowest BCUT2D eigenvalue weighted by molar-refractivity contribution is 0.0995. The lowest BCUT2D eigenvalue weighted by atomic mass is 10.2. The van der Waals surface area contributed by atoms with E-state index in [1.54, 1.807) is 19.1 Å². The van der Waals surface area contributed by atoms with E-state index in [9.17, 15) is 9.18 Å². The lowest BCUT2D eigenvalue weighted by Crippen LogP contribution is -2.11. The standard InChI is InChI=1S/C12H11FN2O2/c1-7-2-5-11(17-7)12(16)15-8-3-4-10(14)9(13)6-8/h2-6H,14H2,1H3,(H,15,16). The molecule has 0 bridgehead atoms. The fraction of sp³-hybridized carbons (Fsp3) is 0.0833.